The number of H-pyrrole nitrogens is 1. The predicted octanol–water partition coefficient (Wildman–Crippen LogP) is 2.09. The average molecular weight is 284 g/mol. The van der Waals surface area contributed by atoms with Crippen molar-refractivity contribution >= 4 is 5.82 Å². The molecule has 0 fully saturated rings. The first-order valence-corrected chi connectivity index (χ1v) is 6.47. The van der Waals surface area contributed by atoms with Gasteiger partial charge in [-0.25, -0.2) is 0 Å². The van der Waals surface area contributed by atoms with Gasteiger partial charge in [0, 0.05) is 6.20 Å². The van der Waals surface area contributed by atoms with Gasteiger partial charge in [0.15, 0.2) is 23.1 Å². The van der Waals surface area contributed by atoms with E-state index in [0.717, 1.165) is 16.9 Å². The van der Waals surface area contributed by atoms with Gasteiger partial charge < -0.3 is 19.7 Å². The Balaban J connectivity index is 1.85. The Kier molecular flexibility index (Phi) is 2.56. The van der Waals surface area contributed by atoms with Crippen molar-refractivity contribution in [3.05, 3.63) is 30.6 Å². The first-order chi connectivity index (χ1) is 10.3. The summed E-state index contributed by atoms with van der Waals surface area (Å²) >= 11 is 0. The topological polar surface area (TPSA) is 99.2 Å². The highest BCUT2D eigenvalue weighted by atomic mass is 16.6. The standard InChI is InChI=1S/C14H12N4O3/c15-14-12(13(21-18-14)9-6-16-17-7-9)8-1-2-10-11(5-8)20-4-3-19-10/h1-2,5-7H,3-4H2,(H2,15,18)(H,16,17). The summed E-state index contributed by atoms with van der Waals surface area (Å²) in [7, 11) is 0. The largest absolute Gasteiger partial charge is 0.486 e. The summed E-state index contributed by atoms with van der Waals surface area (Å²) in [6.07, 6.45) is 3.38. The van der Waals surface area contributed by atoms with Gasteiger partial charge in [-0.2, -0.15) is 5.10 Å². The number of nitrogen functional groups attached to an aromatic ring is 1. The Morgan fingerprint density at radius 1 is 1.10 bits per heavy atom. The van der Waals surface area contributed by atoms with Gasteiger partial charge in [-0.1, -0.05) is 11.2 Å². The second-order valence-electron chi connectivity index (χ2n) is 4.62. The van der Waals surface area contributed by atoms with Crippen molar-refractivity contribution in [3.8, 4) is 33.9 Å². The lowest BCUT2D eigenvalue weighted by atomic mass is 10.0. The minimum atomic E-state index is 0.322. The molecular formula is C14H12N4O3. The Hall–Kier alpha value is -2.96. The number of ether oxygens (including phenoxy) is 2. The van der Waals surface area contributed by atoms with E-state index in [1.54, 1.807) is 12.4 Å². The second-order valence-corrected chi connectivity index (χ2v) is 4.62. The van der Waals surface area contributed by atoms with E-state index in [1.165, 1.54) is 0 Å². The van der Waals surface area contributed by atoms with Crippen LogP contribution in [-0.2, 0) is 0 Å². The molecule has 106 valence electrons. The molecule has 21 heavy (non-hydrogen) atoms. The molecule has 0 aliphatic carbocycles. The fourth-order valence-corrected chi connectivity index (χ4v) is 2.35. The summed E-state index contributed by atoms with van der Waals surface area (Å²) in [6.45, 7) is 1.09. The molecule has 4 rings (SSSR count). The number of nitrogens with one attached hydrogen (secondary N) is 1. The number of hydrogen-bond donors (Lipinski definition) is 2. The molecule has 0 saturated heterocycles. The van der Waals surface area contributed by atoms with Gasteiger partial charge >= 0.3 is 0 Å². The molecule has 7 nitrogen and oxygen atoms in total. The molecular weight excluding hydrogens is 272 g/mol. The molecule has 7 heteroatoms. The summed E-state index contributed by atoms with van der Waals surface area (Å²) in [5.41, 5.74) is 8.30. The van der Waals surface area contributed by atoms with Crippen molar-refractivity contribution < 1.29 is 14.0 Å². The smallest absolute Gasteiger partial charge is 0.180 e. The summed E-state index contributed by atoms with van der Waals surface area (Å²) in [5.74, 6) is 2.31. The van der Waals surface area contributed by atoms with Crippen LogP contribution in [0.15, 0.2) is 35.1 Å². The Bertz CT molecular complexity index is 780. The molecule has 0 saturated carbocycles. The van der Waals surface area contributed by atoms with Crippen molar-refractivity contribution in [1.82, 2.24) is 15.4 Å². The van der Waals surface area contributed by atoms with Gasteiger partial charge in [0.25, 0.3) is 0 Å². The minimum absolute atomic E-state index is 0.322. The van der Waals surface area contributed by atoms with E-state index >= 15 is 0 Å². The average Bonchev–Trinajstić information content (AvgIpc) is 3.16. The molecule has 3 N–H and O–H groups in total. The van der Waals surface area contributed by atoms with Crippen LogP contribution in [0.1, 0.15) is 0 Å². The zero-order chi connectivity index (χ0) is 14.2. The predicted molar refractivity (Wildman–Crippen MR) is 74.9 cm³/mol. The van der Waals surface area contributed by atoms with Gasteiger partial charge in [0.1, 0.15) is 13.2 Å². The summed E-state index contributed by atoms with van der Waals surface area (Å²) in [4.78, 5) is 0. The van der Waals surface area contributed by atoms with Crippen LogP contribution >= 0.6 is 0 Å². The van der Waals surface area contributed by atoms with Gasteiger partial charge in [-0.3, -0.25) is 5.10 Å². The van der Waals surface area contributed by atoms with Crippen molar-refractivity contribution in [3.63, 3.8) is 0 Å². The number of nitrogens with two attached hydrogens (primary N) is 1. The highest BCUT2D eigenvalue weighted by Gasteiger charge is 2.21. The first kappa shape index (κ1) is 11.8. The zero-order valence-corrected chi connectivity index (χ0v) is 11.0. The van der Waals surface area contributed by atoms with Crippen LogP contribution in [0.25, 0.3) is 22.5 Å². The van der Waals surface area contributed by atoms with E-state index in [4.69, 9.17) is 19.7 Å². The number of rotatable bonds is 2. The number of anilines is 1. The third kappa shape index (κ3) is 1.90. The summed E-state index contributed by atoms with van der Waals surface area (Å²) in [6, 6.07) is 5.64. The van der Waals surface area contributed by atoms with Crippen LogP contribution in [0.2, 0.25) is 0 Å². The molecule has 0 atom stereocenters. The van der Waals surface area contributed by atoms with Gasteiger partial charge in [0.05, 0.1) is 17.3 Å². The molecule has 3 heterocycles. The molecule has 0 radical (unpaired) electrons. The number of hydrogen-bond acceptors (Lipinski definition) is 6. The van der Waals surface area contributed by atoms with E-state index in [1.807, 2.05) is 18.2 Å². The normalized spacial score (nSPS) is 13.3. The third-order valence-corrected chi connectivity index (χ3v) is 3.31. The van der Waals surface area contributed by atoms with Crippen molar-refractivity contribution in [1.29, 1.82) is 0 Å². The van der Waals surface area contributed by atoms with E-state index in [9.17, 15) is 0 Å². The fourth-order valence-electron chi connectivity index (χ4n) is 2.35. The Morgan fingerprint density at radius 2 is 1.95 bits per heavy atom. The van der Waals surface area contributed by atoms with Gasteiger partial charge in [-0.15, -0.1) is 0 Å². The first-order valence-electron chi connectivity index (χ1n) is 6.47. The van der Waals surface area contributed by atoms with Crippen LogP contribution < -0.4 is 15.2 Å². The Morgan fingerprint density at radius 3 is 2.76 bits per heavy atom. The quantitative estimate of drug-likeness (QED) is 0.747. The molecule has 0 spiro atoms. The SMILES string of the molecule is Nc1noc(-c2cn[nH]c2)c1-c1ccc2c(c1)OCCO2. The number of nitrogens with zero attached hydrogens (tertiary/aromatic N) is 2. The summed E-state index contributed by atoms with van der Waals surface area (Å²) < 4.78 is 16.4. The molecule has 0 unspecified atom stereocenters. The number of aromatic nitrogens is 3. The molecule has 1 aliphatic rings. The summed E-state index contributed by atoms with van der Waals surface area (Å²) in [5, 5.41) is 10.5. The van der Waals surface area contributed by atoms with E-state index in [-0.39, 0.29) is 0 Å². The zero-order valence-electron chi connectivity index (χ0n) is 11.0. The second kappa shape index (κ2) is 4.55. The van der Waals surface area contributed by atoms with Crippen LogP contribution in [0.4, 0.5) is 5.82 Å². The molecule has 1 aromatic carbocycles. The van der Waals surface area contributed by atoms with Crippen LogP contribution in [0.3, 0.4) is 0 Å². The van der Waals surface area contributed by atoms with Crippen LogP contribution in [0, 0.1) is 0 Å². The minimum Gasteiger partial charge on any atom is -0.486 e. The monoisotopic (exact) mass is 284 g/mol. The van der Waals surface area contributed by atoms with E-state index in [2.05, 4.69) is 15.4 Å². The van der Waals surface area contributed by atoms with E-state index in [0.29, 0.717) is 36.1 Å². The van der Waals surface area contributed by atoms with Gasteiger partial charge in [-0.05, 0) is 17.7 Å². The molecule has 0 amide bonds. The maximum absolute atomic E-state index is 5.95. The molecule has 1 aliphatic heterocycles. The number of fused-ring (bicyclic) bond motifs is 1. The lowest BCUT2D eigenvalue weighted by Gasteiger charge is -2.18. The molecule has 0 bridgehead atoms. The molecule has 3 aromatic rings. The third-order valence-electron chi connectivity index (χ3n) is 3.31. The number of benzene rings is 1. The van der Waals surface area contributed by atoms with Crippen molar-refractivity contribution in [2.24, 2.45) is 0 Å². The lowest BCUT2D eigenvalue weighted by Crippen LogP contribution is -2.15. The van der Waals surface area contributed by atoms with Crippen molar-refractivity contribution in [2.45, 2.75) is 0 Å². The maximum Gasteiger partial charge on any atom is 0.180 e. The highest BCUT2D eigenvalue weighted by Crippen LogP contribution is 2.40. The fraction of sp³-hybridized carbons (Fsp3) is 0.143. The lowest BCUT2D eigenvalue weighted by molar-refractivity contribution is 0.171. The van der Waals surface area contributed by atoms with Crippen molar-refractivity contribution in [2.75, 3.05) is 18.9 Å². The maximum atomic E-state index is 5.95. The number of aromatic amines is 1. The molecule has 2 aromatic heterocycles. The van der Waals surface area contributed by atoms with E-state index < -0.39 is 0 Å². The Labute approximate surface area is 119 Å². The van der Waals surface area contributed by atoms with Gasteiger partial charge in [0.2, 0.25) is 0 Å². The van der Waals surface area contributed by atoms with Crippen LogP contribution in [-0.4, -0.2) is 28.6 Å². The highest BCUT2D eigenvalue weighted by molar-refractivity contribution is 5.87. The van der Waals surface area contributed by atoms with Crippen LogP contribution in [0.5, 0.6) is 11.5 Å².